The van der Waals surface area contributed by atoms with Crippen LogP contribution in [0, 0.1) is 5.82 Å². The third-order valence-corrected chi connectivity index (χ3v) is 3.00. The number of hydrogen-bond acceptors (Lipinski definition) is 2. The number of carbonyl (C=O) groups is 2. The number of nitrogens with one attached hydrogen (secondary N) is 2. The maximum Gasteiger partial charge on any atom is 0.418 e. The molecule has 0 saturated carbocycles. The van der Waals surface area contributed by atoms with Crippen LogP contribution < -0.4 is 10.6 Å². The quantitative estimate of drug-likeness (QED) is 0.840. The zero-order valence-electron chi connectivity index (χ0n) is 12.2. The van der Waals surface area contributed by atoms with Crippen molar-refractivity contribution in [2.24, 2.45) is 0 Å². The Morgan fingerprint density at radius 2 is 1.71 bits per heavy atom. The predicted octanol–water partition coefficient (Wildman–Crippen LogP) is 3.21. The Balaban J connectivity index is 1.98. The summed E-state index contributed by atoms with van der Waals surface area (Å²) in [6.45, 7) is -0.554. The van der Waals surface area contributed by atoms with E-state index in [4.69, 9.17) is 0 Å². The van der Waals surface area contributed by atoms with E-state index in [1.54, 1.807) is 0 Å². The summed E-state index contributed by atoms with van der Waals surface area (Å²) in [5.41, 5.74) is -1.40. The van der Waals surface area contributed by atoms with Crippen LogP contribution in [-0.2, 0) is 11.0 Å². The van der Waals surface area contributed by atoms with E-state index in [9.17, 15) is 27.2 Å². The summed E-state index contributed by atoms with van der Waals surface area (Å²) < 4.78 is 51.5. The largest absolute Gasteiger partial charge is 0.418 e. The van der Waals surface area contributed by atoms with Crippen LogP contribution in [0.2, 0.25) is 0 Å². The monoisotopic (exact) mass is 340 g/mol. The van der Waals surface area contributed by atoms with Gasteiger partial charge in [0.15, 0.2) is 0 Å². The number of para-hydroxylation sites is 1. The Kier molecular flexibility index (Phi) is 5.18. The van der Waals surface area contributed by atoms with Gasteiger partial charge in [0.25, 0.3) is 5.91 Å². The minimum absolute atomic E-state index is 0.00140. The maximum atomic E-state index is 13.0. The number of hydrogen-bond donors (Lipinski definition) is 2. The number of rotatable bonds is 4. The van der Waals surface area contributed by atoms with Gasteiger partial charge < -0.3 is 10.6 Å². The molecule has 0 atom stereocenters. The molecule has 0 unspecified atom stereocenters. The molecule has 0 radical (unpaired) electrons. The first-order valence-corrected chi connectivity index (χ1v) is 6.77. The van der Waals surface area contributed by atoms with Crippen molar-refractivity contribution in [3.63, 3.8) is 0 Å². The molecule has 2 amide bonds. The highest BCUT2D eigenvalue weighted by Crippen LogP contribution is 2.34. The number of benzene rings is 2. The second-order valence-electron chi connectivity index (χ2n) is 4.78. The van der Waals surface area contributed by atoms with E-state index in [1.165, 1.54) is 24.3 Å². The molecule has 0 saturated heterocycles. The van der Waals surface area contributed by atoms with Crippen LogP contribution in [0.4, 0.5) is 23.2 Å². The number of anilines is 1. The van der Waals surface area contributed by atoms with E-state index < -0.39 is 41.6 Å². The molecule has 2 aromatic carbocycles. The van der Waals surface area contributed by atoms with Crippen molar-refractivity contribution in [3.05, 3.63) is 65.5 Å². The summed E-state index contributed by atoms with van der Waals surface area (Å²) >= 11 is 0. The first-order valence-electron chi connectivity index (χ1n) is 6.77. The van der Waals surface area contributed by atoms with E-state index in [-0.39, 0.29) is 5.56 Å². The summed E-state index contributed by atoms with van der Waals surface area (Å²) in [6.07, 6.45) is -4.62. The van der Waals surface area contributed by atoms with Crippen molar-refractivity contribution in [1.29, 1.82) is 0 Å². The van der Waals surface area contributed by atoms with Gasteiger partial charge in [0.05, 0.1) is 17.8 Å². The van der Waals surface area contributed by atoms with Crippen LogP contribution in [0.1, 0.15) is 15.9 Å². The number of amides is 2. The van der Waals surface area contributed by atoms with Gasteiger partial charge in [0, 0.05) is 5.56 Å². The smallest absolute Gasteiger partial charge is 0.343 e. The van der Waals surface area contributed by atoms with Crippen molar-refractivity contribution in [2.75, 3.05) is 11.9 Å². The van der Waals surface area contributed by atoms with Crippen molar-refractivity contribution in [2.45, 2.75) is 6.18 Å². The molecule has 0 bridgehead atoms. The average molecular weight is 340 g/mol. The average Bonchev–Trinajstić information content (AvgIpc) is 2.52. The van der Waals surface area contributed by atoms with Crippen molar-refractivity contribution < 1.29 is 27.2 Å². The number of halogens is 4. The van der Waals surface area contributed by atoms with Crippen LogP contribution in [0.5, 0.6) is 0 Å². The van der Waals surface area contributed by atoms with E-state index >= 15 is 0 Å². The standard InChI is InChI=1S/C16H12F4N2O2/c17-11-5-3-4-10(8-11)15(24)21-9-14(23)22-13-7-2-1-6-12(13)16(18,19)20/h1-8H,9H2,(H,21,24)(H,22,23). The summed E-state index contributed by atoms with van der Waals surface area (Å²) in [7, 11) is 0. The van der Waals surface area contributed by atoms with Gasteiger partial charge in [0.2, 0.25) is 5.91 Å². The van der Waals surface area contributed by atoms with Crippen LogP contribution in [0.3, 0.4) is 0 Å². The second-order valence-corrected chi connectivity index (χ2v) is 4.78. The third kappa shape index (κ3) is 4.55. The molecule has 8 heteroatoms. The van der Waals surface area contributed by atoms with Gasteiger partial charge in [-0.1, -0.05) is 18.2 Å². The van der Waals surface area contributed by atoms with Crippen LogP contribution >= 0.6 is 0 Å². The van der Waals surface area contributed by atoms with Gasteiger partial charge in [0.1, 0.15) is 5.82 Å². The molecule has 0 heterocycles. The first kappa shape index (κ1) is 17.5. The Morgan fingerprint density at radius 3 is 2.38 bits per heavy atom. The highest BCUT2D eigenvalue weighted by molar-refractivity contribution is 5.99. The molecule has 0 aromatic heterocycles. The Morgan fingerprint density at radius 1 is 1.00 bits per heavy atom. The lowest BCUT2D eigenvalue weighted by atomic mass is 10.1. The highest BCUT2D eigenvalue weighted by atomic mass is 19.4. The summed E-state index contributed by atoms with van der Waals surface area (Å²) in [5.74, 6) is -2.17. The van der Waals surface area contributed by atoms with E-state index in [0.717, 1.165) is 24.3 Å². The van der Waals surface area contributed by atoms with E-state index in [0.29, 0.717) is 0 Å². The zero-order valence-corrected chi connectivity index (χ0v) is 12.2. The van der Waals surface area contributed by atoms with Crippen LogP contribution in [-0.4, -0.2) is 18.4 Å². The fraction of sp³-hybridized carbons (Fsp3) is 0.125. The van der Waals surface area contributed by atoms with E-state index in [1.807, 2.05) is 0 Å². The first-order chi connectivity index (χ1) is 11.3. The van der Waals surface area contributed by atoms with Gasteiger partial charge in [-0.2, -0.15) is 13.2 Å². The molecule has 2 aromatic rings. The molecular formula is C16H12F4N2O2. The predicted molar refractivity (Wildman–Crippen MR) is 78.8 cm³/mol. The zero-order chi connectivity index (χ0) is 17.7. The molecular weight excluding hydrogens is 328 g/mol. The second kappa shape index (κ2) is 7.12. The van der Waals surface area contributed by atoms with Gasteiger partial charge >= 0.3 is 6.18 Å². The van der Waals surface area contributed by atoms with Gasteiger partial charge in [-0.3, -0.25) is 9.59 Å². The lowest BCUT2D eigenvalue weighted by Crippen LogP contribution is -2.33. The fourth-order valence-electron chi connectivity index (χ4n) is 1.93. The molecule has 0 aliphatic heterocycles. The lowest BCUT2D eigenvalue weighted by Gasteiger charge is -2.13. The summed E-state index contributed by atoms with van der Waals surface area (Å²) in [5, 5.41) is 4.29. The SMILES string of the molecule is O=C(CNC(=O)c1cccc(F)c1)Nc1ccccc1C(F)(F)F. The van der Waals surface area contributed by atoms with E-state index in [2.05, 4.69) is 10.6 Å². The third-order valence-electron chi connectivity index (χ3n) is 3.00. The number of alkyl halides is 3. The molecule has 0 fully saturated rings. The lowest BCUT2D eigenvalue weighted by molar-refractivity contribution is -0.137. The summed E-state index contributed by atoms with van der Waals surface area (Å²) in [4.78, 5) is 23.5. The van der Waals surface area contributed by atoms with Crippen LogP contribution in [0.25, 0.3) is 0 Å². The molecule has 0 aliphatic carbocycles. The van der Waals surface area contributed by atoms with Crippen molar-refractivity contribution in [1.82, 2.24) is 5.32 Å². The van der Waals surface area contributed by atoms with Crippen molar-refractivity contribution >= 4 is 17.5 Å². The molecule has 24 heavy (non-hydrogen) atoms. The molecule has 4 nitrogen and oxygen atoms in total. The molecule has 2 N–H and O–H groups in total. The fourth-order valence-corrected chi connectivity index (χ4v) is 1.93. The minimum Gasteiger partial charge on any atom is -0.343 e. The summed E-state index contributed by atoms with van der Waals surface area (Å²) in [6, 6.07) is 9.28. The Hall–Kier alpha value is -2.90. The number of carbonyl (C=O) groups excluding carboxylic acids is 2. The molecule has 0 aliphatic rings. The minimum atomic E-state index is -4.62. The molecule has 0 spiro atoms. The van der Waals surface area contributed by atoms with Crippen LogP contribution in [0.15, 0.2) is 48.5 Å². The van der Waals surface area contributed by atoms with Gasteiger partial charge in [-0.15, -0.1) is 0 Å². The topological polar surface area (TPSA) is 58.2 Å². The molecule has 2 rings (SSSR count). The molecule has 126 valence electrons. The Bertz CT molecular complexity index is 760. The van der Waals surface area contributed by atoms with Crippen molar-refractivity contribution in [3.8, 4) is 0 Å². The van der Waals surface area contributed by atoms with Gasteiger partial charge in [-0.05, 0) is 30.3 Å². The van der Waals surface area contributed by atoms with Gasteiger partial charge in [-0.25, -0.2) is 4.39 Å². The normalized spacial score (nSPS) is 11.0. The Labute approximate surface area is 134 Å². The maximum absolute atomic E-state index is 13.0. The highest BCUT2D eigenvalue weighted by Gasteiger charge is 2.33.